The van der Waals surface area contributed by atoms with E-state index in [4.69, 9.17) is 27.0 Å². The molecule has 7 heteroatoms. The summed E-state index contributed by atoms with van der Waals surface area (Å²) in [5, 5.41) is 8.70. The molecule has 3 rings (SSSR count). The van der Waals surface area contributed by atoms with Gasteiger partial charge in [-0.25, -0.2) is 0 Å². The summed E-state index contributed by atoms with van der Waals surface area (Å²) in [5.41, 5.74) is 2.57. The summed E-state index contributed by atoms with van der Waals surface area (Å²) in [5.74, 6) is 0.876. The molecule has 0 bridgehead atoms. The zero-order chi connectivity index (χ0) is 20.1. The van der Waals surface area contributed by atoms with Crippen molar-refractivity contribution in [2.24, 2.45) is 0 Å². The Balaban J connectivity index is 1.90. The largest absolute Gasteiger partial charge is 0.490 e. The SMILES string of the molecule is CCOc1cc(/C=C2\SC(=S)N(c3ccccc3C)C2=O)ccc1OCC#N. The maximum atomic E-state index is 12.9. The predicted octanol–water partition coefficient (Wildman–Crippen LogP) is 4.70. The Hall–Kier alpha value is -2.82. The van der Waals surface area contributed by atoms with Crippen LogP contribution in [0.5, 0.6) is 11.5 Å². The highest BCUT2D eigenvalue weighted by Gasteiger charge is 2.33. The molecule has 2 aromatic rings. The number of thioether (sulfide) groups is 1. The van der Waals surface area contributed by atoms with Crippen molar-refractivity contribution in [3.05, 3.63) is 58.5 Å². The summed E-state index contributed by atoms with van der Waals surface area (Å²) in [6, 6.07) is 14.9. The van der Waals surface area contributed by atoms with Gasteiger partial charge in [-0.2, -0.15) is 5.26 Å². The summed E-state index contributed by atoms with van der Waals surface area (Å²) in [4.78, 5) is 15.1. The first-order valence-electron chi connectivity index (χ1n) is 8.65. The molecule has 0 atom stereocenters. The standard InChI is InChI=1S/C21H18N2O3S2/c1-3-25-18-12-15(8-9-17(18)26-11-10-22)13-19-20(24)23(21(27)28-19)16-7-5-4-6-14(16)2/h4-9,12-13H,3,11H2,1-2H3/b19-13-. The van der Waals surface area contributed by atoms with Gasteiger partial charge in [0.1, 0.15) is 6.07 Å². The van der Waals surface area contributed by atoms with Crippen molar-refractivity contribution >= 4 is 46.0 Å². The van der Waals surface area contributed by atoms with E-state index < -0.39 is 0 Å². The van der Waals surface area contributed by atoms with Gasteiger partial charge in [0.05, 0.1) is 17.2 Å². The van der Waals surface area contributed by atoms with Crippen LogP contribution in [0.2, 0.25) is 0 Å². The second kappa shape index (κ2) is 8.91. The minimum atomic E-state index is -0.146. The number of nitriles is 1. The van der Waals surface area contributed by atoms with Crippen LogP contribution in [0.25, 0.3) is 6.08 Å². The lowest BCUT2D eigenvalue weighted by molar-refractivity contribution is -0.113. The number of hydrogen-bond acceptors (Lipinski definition) is 6. The van der Waals surface area contributed by atoms with E-state index in [-0.39, 0.29) is 12.5 Å². The molecule has 0 unspecified atom stereocenters. The number of ether oxygens (including phenoxy) is 2. The normalized spacial score (nSPS) is 15.0. The van der Waals surface area contributed by atoms with Gasteiger partial charge in [-0.15, -0.1) is 0 Å². The first kappa shape index (κ1) is 19.9. The highest BCUT2D eigenvalue weighted by Crippen LogP contribution is 2.38. The van der Waals surface area contributed by atoms with Gasteiger partial charge in [0.25, 0.3) is 5.91 Å². The smallest absolute Gasteiger partial charge is 0.270 e. The van der Waals surface area contributed by atoms with Crippen molar-refractivity contribution in [1.29, 1.82) is 5.26 Å². The molecule has 1 aliphatic heterocycles. The molecule has 5 nitrogen and oxygen atoms in total. The molecular weight excluding hydrogens is 392 g/mol. The van der Waals surface area contributed by atoms with Crippen LogP contribution in [0.3, 0.4) is 0 Å². The molecule has 0 aromatic heterocycles. The average Bonchev–Trinajstić information content (AvgIpc) is 2.95. The van der Waals surface area contributed by atoms with Crippen LogP contribution < -0.4 is 14.4 Å². The van der Waals surface area contributed by atoms with E-state index in [0.29, 0.717) is 27.3 Å². The Kier molecular flexibility index (Phi) is 6.34. The van der Waals surface area contributed by atoms with Crippen LogP contribution in [0.1, 0.15) is 18.1 Å². The number of rotatable bonds is 6. The number of thiocarbonyl (C=S) groups is 1. The molecule has 0 N–H and O–H groups in total. The Bertz CT molecular complexity index is 995. The fourth-order valence-electron chi connectivity index (χ4n) is 2.75. The zero-order valence-electron chi connectivity index (χ0n) is 15.5. The molecule has 1 aliphatic rings. The van der Waals surface area contributed by atoms with Crippen LogP contribution in [0, 0.1) is 18.3 Å². The Morgan fingerprint density at radius 3 is 2.71 bits per heavy atom. The molecule has 1 heterocycles. The number of anilines is 1. The van der Waals surface area contributed by atoms with E-state index in [9.17, 15) is 4.79 Å². The van der Waals surface area contributed by atoms with E-state index in [0.717, 1.165) is 16.8 Å². The van der Waals surface area contributed by atoms with Gasteiger partial charge in [-0.05, 0) is 49.2 Å². The monoisotopic (exact) mass is 410 g/mol. The van der Waals surface area contributed by atoms with Crippen LogP contribution in [-0.2, 0) is 4.79 Å². The lowest BCUT2D eigenvalue weighted by Gasteiger charge is -2.16. The number of nitrogens with zero attached hydrogens (tertiary/aromatic N) is 2. The molecule has 2 aromatic carbocycles. The summed E-state index contributed by atoms with van der Waals surface area (Å²) in [6.45, 7) is 4.22. The maximum Gasteiger partial charge on any atom is 0.270 e. The minimum absolute atomic E-state index is 0.0610. The van der Waals surface area contributed by atoms with Gasteiger partial charge >= 0.3 is 0 Å². The van der Waals surface area contributed by atoms with Crippen molar-refractivity contribution in [2.45, 2.75) is 13.8 Å². The van der Waals surface area contributed by atoms with Crippen LogP contribution in [0.15, 0.2) is 47.4 Å². The predicted molar refractivity (Wildman–Crippen MR) is 116 cm³/mol. The van der Waals surface area contributed by atoms with Crippen molar-refractivity contribution in [2.75, 3.05) is 18.1 Å². The quantitative estimate of drug-likeness (QED) is 0.508. The van der Waals surface area contributed by atoms with Gasteiger partial charge in [-0.1, -0.05) is 48.2 Å². The molecule has 0 spiro atoms. The Labute approximate surface area is 173 Å². The van der Waals surface area contributed by atoms with Crippen LogP contribution in [0.4, 0.5) is 5.69 Å². The van der Waals surface area contributed by atoms with Gasteiger partial charge < -0.3 is 9.47 Å². The van der Waals surface area contributed by atoms with Crippen molar-refractivity contribution in [1.82, 2.24) is 0 Å². The van der Waals surface area contributed by atoms with Gasteiger partial charge in [-0.3, -0.25) is 9.69 Å². The Morgan fingerprint density at radius 2 is 2.00 bits per heavy atom. The van der Waals surface area contributed by atoms with Crippen LogP contribution in [-0.4, -0.2) is 23.4 Å². The molecule has 28 heavy (non-hydrogen) atoms. The summed E-state index contributed by atoms with van der Waals surface area (Å²) < 4.78 is 11.5. The van der Waals surface area contributed by atoms with E-state index in [1.54, 1.807) is 23.1 Å². The molecular formula is C21H18N2O3S2. The molecule has 142 valence electrons. The second-order valence-corrected chi connectivity index (χ2v) is 7.57. The summed E-state index contributed by atoms with van der Waals surface area (Å²) in [7, 11) is 0. The number of benzene rings is 2. The highest BCUT2D eigenvalue weighted by molar-refractivity contribution is 8.27. The highest BCUT2D eigenvalue weighted by atomic mass is 32.2. The fraction of sp³-hybridized carbons (Fsp3) is 0.190. The van der Waals surface area contributed by atoms with E-state index >= 15 is 0 Å². The van der Waals surface area contributed by atoms with Gasteiger partial charge in [0.2, 0.25) is 0 Å². The molecule has 0 radical (unpaired) electrons. The summed E-state index contributed by atoms with van der Waals surface area (Å²) >= 11 is 6.71. The third kappa shape index (κ3) is 4.19. The third-order valence-electron chi connectivity index (χ3n) is 4.01. The second-order valence-electron chi connectivity index (χ2n) is 5.89. The molecule has 1 amide bonds. The number of carbonyl (C=O) groups excluding carboxylic acids is 1. The topological polar surface area (TPSA) is 62.6 Å². The van der Waals surface area contributed by atoms with E-state index in [1.165, 1.54) is 11.8 Å². The number of hydrogen-bond donors (Lipinski definition) is 0. The third-order valence-corrected chi connectivity index (χ3v) is 5.31. The lowest BCUT2D eigenvalue weighted by atomic mass is 10.1. The summed E-state index contributed by atoms with van der Waals surface area (Å²) in [6.07, 6.45) is 1.79. The molecule has 0 aliphatic carbocycles. The zero-order valence-corrected chi connectivity index (χ0v) is 17.1. The molecule has 1 fully saturated rings. The lowest BCUT2D eigenvalue weighted by Crippen LogP contribution is -2.28. The first-order valence-corrected chi connectivity index (χ1v) is 9.87. The average molecular weight is 411 g/mol. The minimum Gasteiger partial charge on any atom is -0.490 e. The van der Waals surface area contributed by atoms with E-state index in [1.807, 2.05) is 50.2 Å². The molecule has 0 saturated carbocycles. The first-order chi connectivity index (χ1) is 13.5. The van der Waals surface area contributed by atoms with Crippen molar-refractivity contribution in [3.8, 4) is 17.6 Å². The van der Waals surface area contributed by atoms with E-state index in [2.05, 4.69) is 0 Å². The maximum absolute atomic E-state index is 12.9. The number of aryl methyl sites for hydroxylation is 1. The van der Waals surface area contributed by atoms with Gasteiger partial charge in [0, 0.05) is 0 Å². The van der Waals surface area contributed by atoms with Crippen molar-refractivity contribution in [3.63, 3.8) is 0 Å². The number of para-hydroxylation sites is 1. The van der Waals surface area contributed by atoms with Crippen LogP contribution >= 0.6 is 24.0 Å². The van der Waals surface area contributed by atoms with Gasteiger partial charge in [0.15, 0.2) is 22.4 Å². The van der Waals surface area contributed by atoms with Crippen molar-refractivity contribution < 1.29 is 14.3 Å². The fourth-order valence-corrected chi connectivity index (χ4v) is 4.04. The number of carbonyl (C=O) groups is 1. The number of amides is 1. The Morgan fingerprint density at radius 1 is 1.21 bits per heavy atom. The molecule has 1 saturated heterocycles.